The zero-order valence-electron chi connectivity index (χ0n) is 8.02. The second-order valence-corrected chi connectivity index (χ2v) is 3.80. The van der Waals surface area contributed by atoms with Crippen LogP contribution in [0.2, 0.25) is 0 Å². The van der Waals surface area contributed by atoms with Crippen LogP contribution in [0.3, 0.4) is 0 Å². The van der Waals surface area contributed by atoms with Crippen LogP contribution in [-0.2, 0) is 11.2 Å². The van der Waals surface area contributed by atoms with Crippen LogP contribution in [-0.4, -0.2) is 20.9 Å². The number of aliphatic carboxylic acids is 1. The lowest BCUT2D eigenvalue weighted by Gasteiger charge is -2.08. The highest BCUT2D eigenvalue weighted by molar-refractivity contribution is 5.69. The maximum Gasteiger partial charge on any atom is 0.309 e. The molecule has 0 aromatic carbocycles. The first-order valence-corrected chi connectivity index (χ1v) is 5.01. The predicted molar refractivity (Wildman–Crippen MR) is 51.1 cm³/mol. The summed E-state index contributed by atoms with van der Waals surface area (Å²) in [6.07, 6.45) is 6.80. The summed E-state index contributed by atoms with van der Waals surface area (Å²) in [7, 11) is 0. The van der Waals surface area contributed by atoms with Crippen molar-refractivity contribution in [2.75, 3.05) is 0 Å². The second kappa shape index (κ2) is 3.82. The molecular formula is C10H14N2O2. The van der Waals surface area contributed by atoms with Gasteiger partial charge in [-0.25, -0.2) is 0 Å². The van der Waals surface area contributed by atoms with Crippen LogP contribution >= 0.6 is 0 Å². The minimum atomic E-state index is -0.818. The van der Waals surface area contributed by atoms with Crippen molar-refractivity contribution in [3.8, 4) is 0 Å². The van der Waals surface area contributed by atoms with E-state index in [1.807, 2.05) is 10.9 Å². The number of carboxylic acids is 1. The highest BCUT2D eigenvalue weighted by Gasteiger charge is 2.17. The second-order valence-electron chi connectivity index (χ2n) is 3.80. The van der Waals surface area contributed by atoms with Gasteiger partial charge in [0.05, 0.1) is 18.2 Å². The van der Waals surface area contributed by atoms with Gasteiger partial charge < -0.3 is 5.11 Å². The smallest absolute Gasteiger partial charge is 0.309 e. The molecule has 1 N–H and O–H groups in total. The zero-order chi connectivity index (χ0) is 9.97. The summed E-state index contributed by atoms with van der Waals surface area (Å²) < 4.78 is 1.92. The zero-order valence-corrected chi connectivity index (χ0v) is 8.02. The molecule has 1 fully saturated rings. The van der Waals surface area contributed by atoms with Crippen molar-refractivity contribution in [3.05, 3.63) is 18.0 Å². The maximum absolute atomic E-state index is 10.4. The molecule has 0 saturated heterocycles. The van der Waals surface area contributed by atoms with Crippen molar-refractivity contribution in [1.29, 1.82) is 0 Å². The van der Waals surface area contributed by atoms with Crippen molar-refractivity contribution >= 4 is 5.97 Å². The van der Waals surface area contributed by atoms with Crippen molar-refractivity contribution in [2.45, 2.75) is 38.1 Å². The van der Waals surface area contributed by atoms with Crippen LogP contribution in [0.15, 0.2) is 12.3 Å². The monoisotopic (exact) mass is 194 g/mol. The predicted octanol–water partition coefficient (Wildman–Crippen LogP) is 1.63. The minimum absolute atomic E-state index is 0.0275. The van der Waals surface area contributed by atoms with Crippen LogP contribution < -0.4 is 0 Å². The average molecular weight is 194 g/mol. The van der Waals surface area contributed by atoms with Gasteiger partial charge in [0.25, 0.3) is 0 Å². The Balaban J connectivity index is 2.05. The number of nitrogens with zero attached hydrogens (tertiary/aromatic N) is 2. The summed E-state index contributed by atoms with van der Waals surface area (Å²) in [4.78, 5) is 10.4. The molecule has 2 rings (SSSR count). The summed E-state index contributed by atoms with van der Waals surface area (Å²) in [5, 5.41) is 12.9. The van der Waals surface area contributed by atoms with Gasteiger partial charge in [-0.3, -0.25) is 9.48 Å². The van der Waals surface area contributed by atoms with Crippen molar-refractivity contribution in [3.63, 3.8) is 0 Å². The summed E-state index contributed by atoms with van der Waals surface area (Å²) >= 11 is 0. The first-order valence-electron chi connectivity index (χ1n) is 5.01. The Hall–Kier alpha value is -1.32. The van der Waals surface area contributed by atoms with Crippen LogP contribution in [0.5, 0.6) is 0 Å². The van der Waals surface area contributed by atoms with Gasteiger partial charge in [0, 0.05) is 6.20 Å². The molecule has 76 valence electrons. The number of hydrogen-bond acceptors (Lipinski definition) is 2. The summed E-state index contributed by atoms with van der Waals surface area (Å²) in [6.45, 7) is 0. The molecule has 0 bridgehead atoms. The fourth-order valence-corrected chi connectivity index (χ4v) is 2.00. The number of aromatic nitrogens is 2. The minimum Gasteiger partial charge on any atom is -0.481 e. The summed E-state index contributed by atoms with van der Waals surface area (Å²) in [6, 6.07) is 2.30. The van der Waals surface area contributed by atoms with E-state index in [0.717, 1.165) is 0 Å². The third-order valence-electron chi connectivity index (χ3n) is 2.69. The van der Waals surface area contributed by atoms with Gasteiger partial charge in [-0.05, 0) is 18.9 Å². The Morgan fingerprint density at radius 3 is 2.93 bits per heavy atom. The van der Waals surface area contributed by atoms with Gasteiger partial charge >= 0.3 is 5.97 Å². The van der Waals surface area contributed by atoms with E-state index in [9.17, 15) is 4.79 Å². The van der Waals surface area contributed by atoms with Gasteiger partial charge in [-0.15, -0.1) is 0 Å². The van der Waals surface area contributed by atoms with Crippen molar-refractivity contribution in [1.82, 2.24) is 9.78 Å². The first kappa shape index (κ1) is 9.24. The summed E-state index contributed by atoms with van der Waals surface area (Å²) in [5.41, 5.74) is 0.657. The number of carboxylic acid groups (broad SMARTS) is 1. The lowest BCUT2D eigenvalue weighted by molar-refractivity contribution is -0.136. The topological polar surface area (TPSA) is 55.1 Å². The fraction of sp³-hybridized carbons (Fsp3) is 0.600. The molecule has 1 aliphatic rings. The molecule has 1 saturated carbocycles. The van der Waals surface area contributed by atoms with Crippen LogP contribution in [0, 0.1) is 0 Å². The average Bonchev–Trinajstić information content (AvgIpc) is 2.69. The third kappa shape index (κ3) is 1.95. The molecule has 1 aromatic rings. The van der Waals surface area contributed by atoms with E-state index in [-0.39, 0.29) is 6.42 Å². The molecule has 0 amide bonds. The largest absolute Gasteiger partial charge is 0.481 e. The van der Waals surface area contributed by atoms with E-state index >= 15 is 0 Å². The Labute approximate surface area is 82.5 Å². The van der Waals surface area contributed by atoms with Crippen LogP contribution in [0.4, 0.5) is 0 Å². The normalized spacial score (nSPS) is 17.4. The Morgan fingerprint density at radius 2 is 2.29 bits per heavy atom. The molecule has 0 unspecified atom stereocenters. The standard InChI is InChI=1S/C10H14N2O2/c13-10(14)7-8-5-6-12(11-8)9-3-1-2-4-9/h5-6,9H,1-4,7H2,(H,13,14). The van der Waals surface area contributed by atoms with E-state index in [1.54, 1.807) is 6.07 Å². The molecule has 0 radical (unpaired) electrons. The Kier molecular flexibility index (Phi) is 2.52. The van der Waals surface area contributed by atoms with Gasteiger partial charge in [0.15, 0.2) is 0 Å². The molecular weight excluding hydrogens is 180 g/mol. The SMILES string of the molecule is O=C(O)Cc1ccn(C2CCCC2)n1. The quantitative estimate of drug-likeness (QED) is 0.795. The highest BCUT2D eigenvalue weighted by Crippen LogP contribution is 2.28. The molecule has 0 aliphatic heterocycles. The van der Waals surface area contributed by atoms with E-state index in [2.05, 4.69) is 5.10 Å². The maximum atomic E-state index is 10.4. The molecule has 1 heterocycles. The highest BCUT2D eigenvalue weighted by atomic mass is 16.4. The van der Waals surface area contributed by atoms with Gasteiger partial charge in [0.1, 0.15) is 0 Å². The Morgan fingerprint density at radius 1 is 1.57 bits per heavy atom. The van der Waals surface area contributed by atoms with Gasteiger partial charge in [-0.2, -0.15) is 5.10 Å². The van der Waals surface area contributed by atoms with E-state index in [0.29, 0.717) is 11.7 Å². The number of hydrogen-bond donors (Lipinski definition) is 1. The van der Waals surface area contributed by atoms with Crippen LogP contribution in [0.25, 0.3) is 0 Å². The molecule has 0 atom stereocenters. The first-order chi connectivity index (χ1) is 6.75. The lowest BCUT2D eigenvalue weighted by atomic mass is 10.3. The molecule has 14 heavy (non-hydrogen) atoms. The van der Waals surface area contributed by atoms with Gasteiger partial charge in [0.2, 0.25) is 0 Å². The molecule has 0 spiro atoms. The third-order valence-corrected chi connectivity index (χ3v) is 2.69. The van der Waals surface area contributed by atoms with Crippen molar-refractivity contribution < 1.29 is 9.90 Å². The van der Waals surface area contributed by atoms with E-state index < -0.39 is 5.97 Å². The fourth-order valence-electron chi connectivity index (χ4n) is 2.00. The lowest BCUT2D eigenvalue weighted by Crippen LogP contribution is -2.07. The van der Waals surface area contributed by atoms with E-state index in [4.69, 9.17) is 5.11 Å². The van der Waals surface area contributed by atoms with Gasteiger partial charge in [-0.1, -0.05) is 12.8 Å². The van der Waals surface area contributed by atoms with Crippen LogP contribution in [0.1, 0.15) is 37.4 Å². The molecule has 1 aromatic heterocycles. The number of rotatable bonds is 3. The van der Waals surface area contributed by atoms with Crippen molar-refractivity contribution in [2.24, 2.45) is 0 Å². The molecule has 1 aliphatic carbocycles. The molecule has 4 heteroatoms. The van der Waals surface area contributed by atoms with E-state index in [1.165, 1.54) is 25.7 Å². The summed E-state index contributed by atoms with van der Waals surface area (Å²) in [5.74, 6) is -0.818. The Bertz CT molecular complexity index is 327. The number of carbonyl (C=O) groups is 1. The molecule has 4 nitrogen and oxygen atoms in total.